The summed E-state index contributed by atoms with van der Waals surface area (Å²) in [7, 11) is 0. The molecule has 0 saturated carbocycles. The lowest BCUT2D eigenvalue weighted by Gasteiger charge is -1.96. The standard InChI is InChI=1S/C7H7NO2.CH2O/c8-7(10)5-3-1-2-4-6(5)9;1-2/h1-4,9H,(H2,8,10);1H2. The molecule has 1 rings (SSSR count). The number of amides is 1. The highest BCUT2D eigenvalue weighted by Gasteiger charge is 2.03. The van der Waals surface area contributed by atoms with Gasteiger partial charge in [0, 0.05) is 0 Å². The fraction of sp³-hybridized carbons (Fsp3) is 0. The Labute approximate surface area is 69.6 Å². The van der Waals surface area contributed by atoms with E-state index in [0.717, 1.165) is 0 Å². The van der Waals surface area contributed by atoms with Crippen LogP contribution in [0.25, 0.3) is 0 Å². The first-order chi connectivity index (χ1) is 5.72. The molecule has 0 fully saturated rings. The monoisotopic (exact) mass is 167 g/mol. The van der Waals surface area contributed by atoms with Crippen LogP contribution in [0.15, 0.2) is 24.3 Å². The number of hydrogen-bond donors (Lipinski definition) is 2. The minimum atomic E-state index is -0.613. The largest absolute Gasteiger partial charge is 0.507 e. The zero-order valence-corrected chi connectivity index (χ0v) is 6.36. The van der Waals surface area contributed by atoms with Crippen molar-refractivity contribution in [3.63, 3.8) is 0 Å². The fourth-order valence-electron chi connectivity index (χ4n) is 0.682. The molecule has 1 amide bonds. The van der Waals surface area contributed by atoms with Gasteiger partial charge in [-0.05, 0) is 12.1 Å². The molecule has 0 radical (unpaired) electrons. The summed E-state index contributed by atoms with van der Waals surface area (Å²) in [4.78, 5) is 18.5. The topological polar surface area (TPSA) is 80.4 Å². The maximum absolute atomic E-state index is 10.5. The molecular formula is C8H9NO3. The third kappa shape index (κ3) is 2.42. The van der Waals surface area contributed by atoms with Crippen molar-refractivity contribution >= 4 is 12.7 Å². The molecule has 4 nitrogen and oxygen atoms in total. The van der Waals surface area contributed by atoms with Crippen molar-refractivity contribution in [2.75, 3.05) is 0 Å². The summed E-state index contributed by atoms with van der Waals surface area (Å²) in [6, 6.07) is 6.15. The highest BCUT2D eigenvalue weighted by molar-refractivity contribution is 5.95. The van der Waals surface area contributed by atoms with Gasteiger partial charge in [0.05, 0.1) is 5.56 Å². The van der Waals surface area contributed by atoms with Gasteiger partial charge in [0.15, 0.2) is 0 Å². The van der Waals surface area contributed by atoms with Crippen LogP contribution >= 0.6 is 0 Å². The number of phenols is 1. The summed E-state index contributed by atoms with van der Waals surface area (Å²) in [5, 5.41) is 8.98. The van der Waals surface area contributed by atoms with Crippen molar-refractivity contribution in [1.29, 1.82) is 0 Å². The molecule has 0 aliphatic rings. The molecule has 1 aromatic carbocycles. The molecule has 0 heterocycles. The van der Waals surface area contributed by atoms with Crippen LogP contribution in [0.3, 0.4) is 0 Å². The number of benzene rings is 1. The predicted molar refractivity (Wildman–Crippen MR) is 43.7 cm³/mol. The van der Waals surface area contributed by atoms with Crippen LogP contribution in [0.1, 0.15) is 10.4 Å². The average Bonchev–Trinajstić information content (AvgIpc) is 2.08. The van der Waals surface area contributed by atoms with Crippen LogP contribution in [0.5, 0.6) is 5.75 Å². The van der Waals surface area contributed by atoms with Gasteiger partial charge in [-0.25, -0.2) is 0 Å². The molecule has 4 heteroatoms. The number of carbonyl (C=O) groups is 2. The van der Waals surface area contributed by atoms with E-state index in [1.807, 2.05) is 6.79 Å². The van der Waals surface area contributed by atoms with Crippen molar-refractivity contribution in [3.8, 4) is 5.75 Å². The number of aromatic hydroxyl groups is 1. The van der Waals surface area contributed by atoms with Crippen molar-refractivity contribution in [1.82, 2.24) is 0 Å². The highest BCUT2D eigenvalue weighted by Crippen LogP contribution is 2.13. The summed E-state index contributed by atoms with van der Waals surface area (Å²) in [6.07, 6.45) is 0. The highest BCUT2D eigenvalue weighted by atomic mass is 16.3. The van der Waals surface area contributed by atoms with Crippen LogP contribution in [0.4, 0.5) is 0 Å². The van der Waals surface area contributed by atoms with Gasteiger partial charge in [-0.3, -0.25) is 4.79 Å². The van der Waals surface area contributed by atoms with Gasteiger partial charge in [-0.2, -0.15) is 0 Å². The number of nitrogens with two attached hydrogens (primary N) is 1. The molecule has 0 spiro atoms. The first-order valence-electron chi connectivity index (χ1n) is 3.08. The Morgan fingerprint density at radius 1 is 1.33 bits per heavy atom. The minimum Gasteiger partial charge on any atom is -0.507 e. The lowest BCUT2D eigenvalue weighted by Crippen LogP contribution is -2.10. The molecule has 0 bridgehead atoms. The number of hydrogen-bond acceptors (Lipinski definition) is 3. The van der Waals surface area contributed by atoms with Gasteiger partial charge in [0.25, 0.3) is 5.91 Å². The van der Waals surface area contributed by atoms with Crippen LogP contribution in [-0.2, 0) is 4.79 Å². The van der Waals surface area contributed by atoms with E-state index >= 15 is 0 Å². The zero-order valence-electron chi connectivity index (χ0n) is 6.36. The third-order valence-electron chi connectivity index (χ3n) is 1.17. The van der Waals surface area contributed by atoms with Crippen molar-refractivity contribution in [2.45, 2.75) is 0 Å². The summed E-state index contributed by atoms with van der Waals surface area (Å²) in [5.41, 5.74) is 5.07. The normalized spacial score (nSPS) is 8.00. The first kappa shape index (κ1) is 10.2. The Morgan fingerprint density at radius 3 is 2.17 bits per heavy atom. The van der Waals surface area contributed by atoms with Crippen LogP contribution < -0.4 is 5.73 Å². The first-order valence-corrected chi connectivity index (χ1v) is 3.08. The van der Waals surface area contributed by atoms with E-state index < -0.39 is 5.91 Å². The number of carbonyl (C=O) groups excluding carboxylic acids is 2. The van der Waals surface area contributed by atoms with Crippen LogP contribution in [0, 0.1) is 0 Å². The van der Waals surface area contributed by atoms with E-state index in [-0.39, 0.29) is 11.3 Å². The van der Waals surface area contributed by atoms with Crippen molar-refractivity contribution in [2.24, 2.45) is 5.73 Å². The van der Waals surface area contributed by atoms with Gasteiger partial charge in [0.2, 0.25) is 0 Å². The molecule has 0 unspecified atom stereocenters. The molecule has 0 atom stereocenters. The Bertz CT molecular complexity index is 273. The molecule has 64 valence electrons. The predicted octanol–water partition coefficient (Wildman–Crippen LogP) is 0.306. The maximum Gasteiger partial charge on any atom is 0.252 e. The van der Waals surface area contributed by atoms with E-state index in [9.17, 15) is 4.79 Å². The van der Waals surface area contributed by atoms with E-state index in [4.69, 9.17) is 15.6 Å². The summed E-state index contributed by atoms with van der Waals surface area (Å²) < 4.78 is 0. The van der Waals surface area contributed by atoms with E-state index in [2.05, 4.69) is 0 Å². The second-order valence-electron chi connectivity index (χ2n) is 1.88. The quantitative estimate of drug-likeness (QED) is 0.631. The Hall–Kier alpha value is -1.84. The Balaban J connectivity index is 0.000000561. The second-order valence-corrected chi connectivity index (χ2v) is 1.88. The molecule has 12 heavy (non-hydrogen) atoms. The van der Waals surface area contributed by atoms with Gasteiger partial charge in [0.1, 0.15) is 12.5 Å². The van der Waals surface area contributed by atoms with E-state index in [1.165, 1.54) is 12.1 Å². The van der Waals surface area contributed by atoms with E-state index in [1.54, 1.807) is 12.1 Å². The zero-order chi connectivity index (χ0) is 9.56. The second kappa shape index (κ2) is 4.90. The SMILES string of the molecule is C=O.NC(=O)c1ccccc1O. The number of primary amides is 1. The molecule has 0 saturated heterocycles. The Morgan fingerprint density at radius 2 is 1.83 bits per heavy atom. The Kier molecular flexibility index (Phi) is 4.15. The third-order valence-corrected chi connectivity index (χ3v) is 1.17. The summed E-state index contributed by atoms with van der Waals surface area (Å²) in [5.74, 6) is -0.687. The summed E-state index contributed by atoms with van der Waals surface area (Å²) >= 11 is 0. The van der Waals surface area contributed by atoms with Gasteiger partial charge < -0.3 is 15.6 Å². The van der Waals surface area contributed by atoms with Crippen molar-refractivity contribution in [3.05, 3.63) is 29.8 Å². The average molecular weight is 167 g/mol. The smallest absolute Gasteiger partial charge is 0.252 e. The minimum absolute atomic E-state index is 0.0741. The van der Waals surface area contributed by atoms with Crippen LogP contribution in [-0.4, -0.2) is 17.8 Å². The lowest BCUT2D eigenvalue weighted by molar-refractivity contribution is -0.0979. The van der Waals surface area contributed by atoms with Gasteiger partial charge in [-0.1, -0.05) is 12.1 Å². The van der Waals surface area contributed by atoms with Gasteiger partial charge in [-0.15, -0.1) is 0 Å². The molecule has 3 N–H and O–H groups in total. The van der Waals surface area contributed by atoms with Crippen molar-refractivity contribution < 1.29 is 14.7 Å². The van der Waals surface area contributed by atoms with Crippen LogP contribution in [0.2, 0.25) is 0 Å². The maximum atomic E-state index is 10.5. The lowest BCUT2D eigenvalue weighted by atomic mass is 10.2. The number of para-hydroxylation sites is 1. The molecular weight excluding hydrogens is 158 g/mol. The number of rotatable bonds is 1. The van der Waals surface area contributed by atoms with Gasteiger partial charge >= 0.3 is 0 Å². The molecule has 1 aromatic rings. The molecule has 0 aliphatic carbocycles. The summed E-state index contributed by atoms with van der Waals surface area (Å²) in [6.45, 7) is 2.00. The van der Waals surface area contributed by atoms with E-state index in [0.29, 0.717) is 0 Å². The molecule has 0 aromatic heterocycles. The fourth-order valence-corrected chi connectivity index (χ4v) is 0.682. The molecule has 0 aliphatic heterocycles.